The maximum absolute atomic E-state index is 3.88. The zero-order chi connectivity index (χ0) is 5.70. The van der Waals surface area contributed by atoms with Crippen LogP contribution in [0.4, 0.5) is 0 Å². The Hall–Kier alpha value is 1.13. The van der Waals surface area contributed by atoms with E-state index in [1.807, 2.05) is 0 Å². The molecule has 0 bridgehead atoms. The molecule has 0 unspecified atom stereocenters. The second-order valence-corrected chi connectivity index (χ2v) is 8.21. The molecule has 0 radical (unpaired) electrons. The van der Waals surface area contributed by atoms with E-state index in [4.69, 9.17) is 0 Å². The van der Waals surface area contributed by atoms with Gasteiger partial charge in [0.15, 0.2) is 0 Å². The first-order valence-electron chi connectivity index (χ1n) is 2.01. The fourth-order valence-corrected chi connectivity index (χ4v) is 4.63. The predicted octanol–water partition coefficient (Wildman–Crippen LogP) is -5.64. The molecule has 0 saturated heterocycles. The molecule has 3 heteroatoms. The Morgan fingerprint density at radius 1 is 1.71 bits per heavy atom. The standard InChI is InChI=1S/C4H10I2N/c1-4-6-7(3)5-2/h3-4H2,1-2H3/q-1. The van der Waals surface area contributed by atoms with Gasteiger partial charge in [0.2, 0.25) is 0 Å². The molecule has 0 spiro atoms. The van der Waals surface area contributed by atoms with Gasteiger partial charge in [0.05, 0.1) is 0 Å². The van der Waals surface area contributed by atoms with E-state index in [0.717, 1.165) is 0 Å². The Morgan fingerprint density at radius 3 is 2.43 bits per heavy atom. The van der Waals surface area contributed by atoms with E-state index in [-0.39, 0.29) is 0 Å². The van der Waals surface area contributed by atoms with Crippen molar-refractivity contribution in [3.8, 4) is 0 Å². The van der Waals surface area contributed by atoms with Gasteiger partial charge in [0.25, 0.3) is 0 Å². The van der Waals surface area contributed by atoms with Crippen LogP contribution >= 0.6 is 0 Å². The van der Waals surface area contributed by atoms with Crippen LogP contribution in [0.5, 0.6) is 0 Å². The molecular formula is C4H10I2N-. The van der Waals surface area contributed by atoms with Crippen LogP contribution in [0.1, 0.15) is 6.92 Å². The Balaban J connectivity index is 3.00. The van der Waals surface area contributed by atoms with Gasteiger partial charge >= 0.3 is 67.0 Å². The maximum atomic E-state index is 3.88. The van der Waals surface area contributed by atoms with Gasteiger partial charge in [-0.15, -0.1) is 0 Å². The van der Waals surface area contributed by atoms with E-state index in [9.17, 15) is 0 Å². The molecule has 0 heterocycles. The normalized spacial score (nSPS) is 10.0. The van der Waals surface area contributed by atoms with Crippen molar-refractivity contribution >= 4 is 6.72 Å². The molecule has 0 aromatic heterocycles. The van der Waals surface area contributed by atoms with Gasteiger partial charge in [0.1, 0.15) is 0 Å². The molecule has 0 amide bonds. The molecule has 0 aliphatic carbocycles. The quantitative estimate of drug-likeness (QED) is 0.211. The average Bonchev–Trinajstić information content (AvgIpc) is 1.68. The van der Waals surface area contributed by atoms with Crippen molar-refractivity contribution in [2.75, 3.05) is 9.36 Å². The molecule has 0 aromatic carbocycles. The van der Waals surface area contributed by atoms with Crippen molar-refractivity contribution in [3.05, 3.63) is 0 Å². The van der Waals surface area contributed by atoms with Gasteiger partial charge in [-0.1, -0.05) is 0 Å². The SMILES string of the molecule is C=[N+]([I-]C)[I-]CC. The second kappa shape index (κ2) is 5.27. The molecule has 46 valence electrons. The molecule has 0 aromatic rings. The van der Waals surface area contributed by atoms with E-state index >= 15 is 0 Å². The zero-order valence-corrected chi connectivity index (χ0v) is 8.93. The van der Waals surface area contributed by atoms with Gasteiger partial charge < -0.3 is 0 Å². The average molecular weight is 326 g/mol. The van der Waals surface area contributed by atoms with Gasteiger partial charge in [0, 0.05) is 0 Å². The van der Waals surface area contributed by atoms with Crippen molar-refractivity contribution in [3.63, 3.8) is 0 Å². The number of rotatable bonds is 3. The second-order valence-electron chi connectivity index (χ2n) is 0.859. The molecular weight excluding hydrogens is 316 g/mol. The third-order valence-corrected chi connectivity index (χ3v) is 7.08. The van der Waals surface area contributed by atoms with Crippen molar-refractivity contribution in [2.45, 2.75) is 6.92 Å². The van der Waals surface area contributed by atoms with Crippen LogP contribution in [0.2, 0.25) is 0 Å². The topological polar surface area (TPSA) is 3.01 Å². The summed E-state index contributed by atoms with van der Waals surface area (Å²) in [6.45, 7) is 6.10. The number of hydrogen-bond acceptors (Lipinski definition) is 0. The number of hydrogen-bond donors (Lipinski definition) is 0. The zero-order valence-electron chi connectivity index (χ0n) is 4.62. The number of nitrogens with zero attached hydrogens (tertiary/aromatic N) is 1. The monoisotopic (exact) mass is 326 g/mol. The molecule has 0 atom stereocenters. The summed E-state index contributed by atoms with van der Waals surface area (Å²) in [5, 5.41) is 0. The van der Waals surface area contributed by atoms with Gasteiger partial charge in [-0.05, 0) is 0 Å². The Morgan fingerprint density at radius 2 is 2.29 bits per heavy atom. The predicted molar refractivity (Wildman–Crippen MR) is 23.8 cm³/mol. The minimum atomic E-state index is 0.309. The molecule has 0 fully saturated rings. The summed E-state index contributed by atoms with van der Waals surface area (Å²) in [5.74, 6) is 0. The Labute approximate surface area is 66.4 Å². The Kier molecular flexibility index (Phi) is 6.12. The van der Waals surface area contributed by atoms with Gasteiger partial charge in [-0.3, -0.25) is 0 Å². The summed E-state index contributed by atoms with van der Waals surface area (Å²) in [6, 6.07) is 0. The van der Waals surface area contributed by atoms with Crippen LogP contribution in [-0.4, -0.2) is 17.1 Å². The van der Waals surface area contributed by atoms with Crippen LogP contribution in [0, 0.1) is 0 Å². The minimum absolute atomic E-state index is 0.309. The van der Waals surface area contributed by atoms with Gasteiger partial charge in [-0.25, -0.2) is 0 Å². The van der Waals surface area contributed by atoms with Crippen LogP contribution < -0.4 is 43.0 Å². The molecule has 0 N–H and O–H groups in total. The van der Waals surface area contributed by atoms with E-state index in [1.54, 1.807) is 0 Å². The molecule has 0 saturated carbocycles. The van der Waals surface area contributed by atoms with Crippen LogP contribution in [0.15, 0.2) is 0 Å². The van der Waals surface area contributed by atoms with Crippen molar-refractivity contribution in [1.29, 1.82) is 0 Å². The molecule has 7 heavy (non-hydrogen) atoms. The third-order valence-electron chi connectivity index (χ3n) is 0.433. The van der Waals surface area contributed by atoms with Gasteiger partial charge in [-0.2, -0.15) is 0 Å². The first-order chi connectivity index (χ1) is 3.31. The first kappa shape index (κ1) is 8.13. The molecule has 0 rings (SSSR count). The Bertz CT molecular complexity index is 62.7. The first-order valence-corrected chi connectivity index (χ1v) is 7.62. The van der Waals surface area contributed by atoms with Crippen molar-refractivity contribution in [1.82, 2.24) is 0 Å². The van der Waals surface area contributed by atoms with E-state index in [2.05, 4.69) is 19.6 Å². The third kappa shape index (κ3) is 4.99. The number of alkyl halides is 2. The van der Waals surface area contributed by atoms with Crippen LogP contribution in [-0.2, 0) is 0 Å². The van der Waals surface area contributed by atoms with E-state index in [0.29, 0.717) is 43.0 Å². The summed E-state index contributed by atoms with van der Waals surface area (Å²) in [4.78, 5) is 2.25. The summed E-state index contributed by atoms with van der Waals surface area (Å²) < 4.78 is 3.62. The molecule has 0 aliphatic rings. The summed E-state index contributed by atoms with van der Waals surface area (Å²) in [7, 11) is 0. The van der Waals surface area contributed by atoms with Crippen LogP contribution in [0.3, 0.4) is 0 Å². The summed E-state index contributed by atoms with van der Waals surface area (Å²) >= 11 is 0.646. The number of halogens is 2. The van der Waals surface area contributed by atoms with Crippen LogP contribution in [0.25, 0.3) is 0 Å². The van der Waals surface area contributed by atoms with E-state index in [1.165, 1.54) is 4.43 Å². The summed E-state index contributed by atoms with van der Waals surface area (Å²) in [6.07, 6.45) is 0. The van der Waals surface area contributed by atoms with Crippen molar-refractivity contribution < 1.29 is 44.0 Å². The molecule has 0 aliphatic heterocycles. The van der Waals surface area contributed by atoms with Crippen molar-refractivity contribution in [2.24, 2.45) is 0 Å². The summed E-state index contributed by atoms with van der Waals surface area (Å²) in [5.41, 5.74) is 0. The van der Waals surface area contributed by atoms with E-state index < -0.39 is 0 Å². The fourth-order valence-electron chi connectivity index (χ4n) is 0.175. The fraction of sp³-hybridized carbons (Fsp3) is 0.750. The molecule has 1 nitrogen and oxygen atoms in total.